The Balaban J connectivity index is 1.50. The van der Waals surface area contributed by atoms with E-state index in [0.717, 1.165) is 29.3 Å². The molecule has 0 radical (unpaired) electrons. The maximum atomic E-state index is 13.0. The van der Waals surface area contributed by atoms with Gasteiger partial charge in [-0.3, -0.25) is 9.59 Å². The number of para-hydroxylation sites is 1. The summed E-state index contributed by atoms with van der Waals surface area (Å²) in [4.78, 5) is 27.3. The van der Waals surface area contributed by atoms with Gasteiger partial charge in [-0.1, -0.05) is 42.5 Å². The molecule has 5 heteroatoms. The summed E-state index contributed by atoms with van der Waals surface area (Å²) in [5.74, 6) is -0.605. The molecule has 0 aliphatic carbocycles. The average Bonchev–Trinajstić information content (AvgIpc) is 2.73. The van der Waals surface area contributed by atoms with Crippen molar-refractivity contribution in [2.45, 2.75) is 12.8 Å². The number of fused-ring (bicyclic) bond motifs is 1. The molecule has 1 aliphatic rings. The first-order valence-electron chi connectivity index (χ1n) is 9.49. The predicted octanol–water partition coefficient (Wildman–Crippen LogP) is 4.04. The molecule has 2 amide bonds. The number of hydrogen-bond acceptors (Lipinski definition) is 3. The molecule has 28 heavy (non-hydrogen) atoms. The van der Waals surface area contributed by atoms with Crippen molar-refractivity contribution in [3.63, 3.8) is 0 Å². The maximum absolute atomic E-state index is 13.0. The third-order valence-electron chi connectivity index (χ3n) is 5.22. The van der Waals surface area contributed by atoms with Gasteiger partial charge in [0.25, 0.3) is 5.91 Å². The quantitative estimate of drug-likeness (QED) is 0.727. The van der Waals surface area contributed by atoms with Crippen molar-refractivity contribution in [2.75, 3.05) is 18.4 Å². The second kappa shape index (κ2) is 7.72. The van der Waals surface area contributed by atoms with E-state index in [1.165, 1.54) is 0 Å². The lowest BCUT2D eigenvalue weighted by atomic mass is 9.96. The number of hydrogen-bond donors (Lipinski definition) is 2. The molecule has 5 nitrogen and oxygen atoms in total. The number of phenolic OH excluding ortho intramolecular Hbond substituents is 1. The van der Waals surface area contributed by atoms with Gasteiger partial charge in [0.05, 0.1) is 11.5 Å². The van der Waals surface area contributed by atoms with E-state index in [1.54, 1.807) is 17.0 Å². The second-order valence-electron chi connectivity index (χ2n) is 7.16. The van der Waals surface area contributed by atoms with Crippen LogP contribution in [0.1, 0.15) is 23.2 Å². The number of benzene rings is 3. The molecule has 1 heterocycles. The van der Waals surface area contributed by atoms with Crippen LogP contribution in [0.4, 0.5) is 5.69 Å². The Morgan fingerprint density at radius 3 is 2.39 bits per heavy atom. The number of nitrogens with zero attached hydrogens (tertiary/aromatic N) is 1. The summed E-state index contributed by atoms with van der Waals surface area (Å²) in [7, 11) is 0. The fourth-order valence-electron chi connectivity index (χ4n) is 3.71. The van der Waals surface area contributed by atoms with E-state index < -0.39 is 0 Å². The van der Waals surface area contributed by atoms with Crippen molar-refractivity contribution in [2.24, 2.45) is 5.92 Å². The van der Waals surface area contributed by atoms with E-state index in [1.807, 2.05) is 54.6 Å². The largest absolute Gasteiger partial charge is 0.507 e. The zero-order valence-corrected chi connectivity index (χ0v) is 15.5. The molecular formula is C23H22N2O3. The summed E-state index contributed by atoms with van der Waals surface area (Å²) in [5, 5.41) is 15.1. The molecule has 0 unspecified atom stereocenters. The number of carbonyl (C=O) groups excluding carboxylic acids is 2. The zero-order chi connectivity index (χ0) is 19.5. The Morgan fingerprint density at radius 2 is 1.64 bits per heavy atom. The third kappa shape index (κ3) is 3.69. The third-order valence-corrected chi connectivity index (χ3v) is 5.22. The van der Waals surface area contributed by atoms with E-state index in [2.05, 4.69) is 5.32 Å². The Kier molecular flexibility index (Phi) is 4.98. The number of amides is 2. The number of rotatable bonds is 3. The van der Waals surface area contributed by atoms with Crippen LogP contribution in [0.2, 0.25) is 0 Å². The Hall–Kier alpha value is -3.34. The van der Waals surface area contributed by atoms with Crippen LogP contribution in [-0.2, 0) is 4.79 Å². The number of phenols is 1. The molecule has 0 bridgehead atoms. The van der Waals surface area contributed by atoms with Gasteiger partial charge in [0.1, 0.15) is 5.75 Å². The lowest BCUT2D eigenvalue weighted by Gasteiger charge is -2.32. The van der Waals surface area contributed by atoms with Gasteiger partial charge < -0.3 is 15.3 Å². The number of nitrogens with one attached hydrogen (secondary N) is 1. The van der Waals surface area contributed by atoms with Crippen molar-refractivity contribution < 1.29 is 14.7 Å². The van der Waals surface area contributed by atoms with Crippen molar-refractivity contribution in [1.82, 2.24) is 4.90 Å². The average molecular weight is 374 g/mol. The Morgan fingerprint density at radius 1 is 0.964 bits per heavy atom. The van der Waals surface area contributed by atoms with Crippen molar-refractivity contribution >= 4 is 28.3 Å². The van der Waals surface area contributed by atoms with E-state index in [4.69, 9.17) is 0 Å². The van der Waals surface area contributed by atoms with Gasteiger partial charge in [-0.25, -0.2) is 0 Å². The molecule has 1 atom stereocenters. The lowest BCUT2D eigenvalue weighted by Crippen LogP contribution is -2.43. The van der Waals surface area contributed by atoms with Gasteiger partial charge in [-0.05, 0) is 47.9 Å². The molecule has 1 fully saturated rings. The van der Waals surface area contributed by atoms with Gasteiger partial charge in [0.2, 0.25) is 5.91 Å². The molecule has 1 saturated heterocycles. The Labute approximate surface area is 163 Å². The summed E-state index contributed by atoms with van der Waals surface area (Å²) in [6, 6.07) is 20.3. The molecule has 142 valence electrons. The number of anilines is 1. The van der Waals surface area contributed by atoms with E-state index in [-0.39, 0.29) is 29.0 Å². The van der Waals surface area contributed by atoms with Crippen molar-refractivity contribution in [1.29, 1.82) is 0 Å². The van der Waals surface area contributed by atoms with Gasteiger partial charge in [0.15, 0.2) is 0 Å². The zero-order valence-electron chi connectivity index (χ0n) is 15.5. The standard InChI is InChI=1S/C23H22N2O3/c26-21-14-17-8-5-4-7-16(17)13-20(21)23(28)25-12-6-9-18(15-25)22(27)24-19-10-2-1-3-11-19/h1-5,7-8,10-11,13-14,18,26H,6,9,12,15H2,(H,24,27)/t18-/m0/s1. The van der Waals surface area contributed by atoms with Crippen LogP contribution in [0.3, 0.4) is 0 Å². The minimum Gasteiger partial charge on any atom is -0.507 e. The summed E-state index contributed by atoms with van der Waals surface area (Å²) >= 11 is 0. The summed E-state index contributed by atoms with van der Waals surface area (Å²) in [6.07, 6.45) is 1.50. The normalized spacial score (nSPS) is 16.7. The van der Waals surface area contributed by atoms with Gasteiger partial charge in [0, 0.05) is 18.8 Å². The topological polar surface area (TPSA) is 69.6 Å². The second-order valence-corrected chi connectivity index (χ2v) is 7.16. The van der Waals surface area contributed by atoms with Crippen LogP contribution in [0.15, 0.2) is 66.7 Å². The monoisotopic (exact) mass is 374 g/mol. The fourth-order valence-corrected chi connectivity index (χ4v) is 3.71. The Bertz CT molecular complexity index is 1020. The van der Waals surface area contributed by atoms with Crippen LogP contribution in [0.25, 0.3) is 10.8 Å². The van der Waals surface area contributed by atoms with Crippen LogP contribution in [0.5, 0.6) is 5.75 Å². The number of piperidine rings is 1. The minimum atomic E-state index is -0.263. The van der Waals surface area contributed by atoms with E-state index in [9.17, 15) is 14.7 Å². The molecule has 0 aromatic heterocycles. The van der Waals surface area contributed by atoms with E-state index >= 15 is 0 Å². The highest BCUT2D eigenvalue weighted by atomic mass is 16.3. The maximum Gasteiger partial charge on any atom is 0.257 e. The highest BCUT2D eigenvalue weighted by Crippen LogP contribution is 2.28. The van der Waals surface area contributed by atoms with Crippen LogP contribution < -0.4 is 5.32 Å². The van der Waals surface area contributed by atoms with Crippen molar-refractivity contribution in [3.05, 3.63) is 72.3 Å². The van der Waals surface area contributed by atoms with Crippen LogP contribution >= 0.6 is 0 Å². The summed E-state index contributed by atoms with van der Waals surface area (Å²) in [5.41, 5.74) is 1.03. The molecule has 0 saturated carbocycles. The van der Waals surface area contributed by atoms with Crippen LogP contribution in [-0.4, -0.2) is 34.9 Å². The number of carbonyl (C=O) groups is 2. The number of likely N-dealkylation sites (tertiary alicyclic amines) is 1. The first kappa shape index (κ1) is 18.0. The highest BCUT2D eigenvalue weighted by molar-refractivity contribution is 6.02. The predicted molar refractivity (Wildman–Crippen MR) is 109 cm³/mol. The van der Waals surface area contributed by atoms with Gasteiger partial charge >= 0.3 is 0 Å². The minimum absolute atomic E-state index is 0.0282. The smallest absolute Gasteiger partial charge is 0.257 e. The molecule has 1 aliphatic heterocycles. The summed E-state index contributed by atoms with van der Waals surface area (Å²) < 4.78 is 0. The molecule has 3 aromatic carbocycles. The first-order chi connectivity index (χ1) is 13.6. The molecule has 4 rings (SSSR count). The molecule has 0 spiro atoms. The van der Waals surface area contributed by atoms with E-state index in [0.29, 0.717) is 13.1 Å². The van der Waals surface area contributed by atoms with Crippen LogP contribution in [0, 0.1) is 5.92 Å². The van der Waals surface area contributed by atoms with Gasteiger partial charge in [-0.15, -0.1) is 0 Å². The molecular weight excluding hydrogens is 352 g/mol. The highest BCUT2D eigenvalue weighted by Gasteiger charge is 2.30. The fraction of sp³-hybridized carbons (Fsp3) is 0.217. The molecule has 3 aromatic rings. The SMILES string of the molecule is O=C(Nc1ccccc1)[C@H]1CCCN(C(=O)c2cc3ccccc3cc2O)C1. The molecule has 2 N–H and O–H groups in total. The van der Waals surface area contributed by atoms with Crippen molar-refractivity contribution in [3.8, 4) is 5.75 Å². The number of aromatic hydroxyl groups is 1. The first-order valence-corrected chi connectivity index (χ1v) is 9.49. The van der Waals surface area contributed by atoms with Gasteiger partial charge in [-0.2, -0.15) is 0 Å². The summed E-state index contributed by atoms with van der Waals surface area (Å²) in [6.45, 7) is 0.935. The lowest BCUT2D eigenvalue weighted by molar-refractivity contribution is -0.121.